The monoisotopic (exact) mass is 184 g/mol. The molecule has 0 bridgehead atoms. The van der Waals surface area contributed by atoms with Gasteiger partial charge in [0, 0.05) is 12.1 Å². The molecule has 0 aromatic rings. The summed E-state index contributed by atoms with van der Waals surface area (Å²) in [6.07, 6.45) is 1.69. The SMILES string of the molecule is CCC1(CC)NC(C)(C)CNC1=O. The Labute approximate surface area is 80.3 Å². The van der Waals surface area contributed by atoms with Crippen molar-refractivity contribution in [3.63, 3.8) is 0 Å². The lowest BCUT2D eigenvalue weighted by molar-refractivity contribution is -0.132. The van der Waals surface area contributed by atoms with Gasteiger partial charge in [0.2, 0.25) is 5.91 Å². The van der Waals surface area contributed by atoms with Crippen LogP contribution >= 0.6 is 0 Å². The van der Waals surface area contributed by atoms with Crippen LogP contribution in [0.3, 0.4) is 0 Å². The van der Waals surface area contributed by atoms with Gasteiger partial charge in [-0.3, -0.25) is 10.1 Å². The van der Waals surface area contributed by atoms with Gasteiger partial charge in [-0.25, -0.2) is 0 Å². The summed E-state index contributed by atoms with van der Waals surface area (Å²) >= 11 is 0. The Morgan fingerprint density at radius 1 is 1.31 bits per heavy atom. The van der Waals surface area contributed by atoms with E-state index in [9.17, 15) is 4.79 Å². The normalized spacial score (nSPS) is 25.4. The summed E-state index contributed by atoms with van der Waals surface area (Å²) in [6, 6.07) is 0. The lowest BCUT2D eigenvalue weighted by atomic mass is 9.85. The highest BCUT2D eigenvalue weighted by molar-refractivity contribution is 5.87. The fourth-order valence-electron chi connectivity index (χ4n) is 1.97. The summed E-state index contributed by atoms with van der Waals surface area (Å²) in [4.78, 5) is 11.7. The smallest absolute Gasteiger partial charge is 0.240 e. The first-order valence-electron chi connectivity index (χ1n) is 5.03. The Balaban J connectivity index is 2.86. The molecular formula is C10H20N2O. The van der Waals surface area contributed by atoms with Crippen molar-refractivity contribution in [2.24, 2.45) is 0 Å². The van der Waals surface area contributed by atoms with Crippen LogP contribution in [0, 0.1) is 0 Å². The molecule has 0 saturated carbocycles. The van der Waals surface area contributed by atoms with Crippen LogP contribution in [-0.2, 0) is 4.79 Å². The predicted molar refractivity (Wildman–Crippen MR) is 53.5 cm³/mol. The fourth-order valence-corrected chi connectivity index (χ4v) is 1.97. The maximum atomic E-state index is 11.7. The van der Waals surface area contributed by atoms with Gasteiger partial charge < -0.3 is 5.32 Å². The van der Waals surface area contributed by atoms with E-state index in [-0.39, 0.29) is 17.0 Å². The van der Waals surface area contributed by atoms with E-state index in [1.54, 1.807) is 0 Å². The number of hydrogen-bond acceptors (Lipinski definition) is 2. The molecule has 76 valence electrons. The third-order valence-corrected chi connectivity index (χ3v) is 2.91. The first-order valence-corrected chi connectivity index (χ1v) is 5.03. The number of piperazine rings is 1. The molecule has 3 nitrogen and oxygen atoms in total. The molecule has 0 spiro atoms. The van der Waals surface area contributed by atoms with Crippen molar-refractivity contribution in [2.45, 2.75) is 51.6 Å². The fraction of sp³-hybridized carbons (Fsp3) is 0.900. The summed E-state index contributed by atoms with van der Waals surface area (Å²) in [5.41, 5.74) is -0.332. The number of carbonyl (C=O) groups is 1. The molecule has 0 aliphatic carbocycles. The van der Waals surface area contributed by atoms with Gasteiger partial charge in [-0.05, 0) is 26.7 Å². The van der Waals surface area contributed by atoms with Crippen LogP contribution < -0.4 is 10.6 Å². The van der Waals surface area contributed by atoms with Gasteiger partial charge in [0.15, 0.2) is 0 Å². The van der Waals surface area contributed by atoms with Crippen LogP contribution in [0.25, 0.3) is 0 Å². The lowest BCUT2D eigenvalue weighted by Crippen LogP contribution is -2.70. The van der Waals surface area contributed by atoms with E-state index in [0.29, 0.717) is 6.54 Å². The third-order valence-electron chi connectivity index (χ3n) is 2.91. The molecule has 0 radical (unpaired) electrons. The molecule has 1 rings (SSSR count). The number of nitrogens with one attached hydrogen (secondary N) is 2. The number of amides is 1. The van der Waals surface area contributed by atoms with Crippen LogP contribution in [0.4, 0.5) is 0 Å². The summed E-state index contributed by atoms with van der Waals surface area (Å²) in [6.45, 7) is 9.06. The Morgan fingerprint density at radius 2 is 1.85 bits per heavy atom. The third kappa shape index (κ3) is 1.85. The van der Waals surface area contributed by atoms with E-state index in [2.05, 4.69) is 38.3 Å². The molecule has 1 fully saturated rings. The quantitative estimate of drug-likeness (QED) is 0.673. The van der Waals surface area contributed by atoms with E-state index in [1.807, 2.05) is 0 Å². The first kappa shape index (κ1) is 10.5. The van der Waals surface area contributed by atoms with Crippen molar-refractivity contribution < 1.29 is 4.79 Å². The van der Waals surface area contributed by atoms with Crippen LogP contribution in [0.5, 0.6) is 0 Å². The summed E-state index contributed by atoms with van der Waals surface area (Å²) in [5, 5.41) is 6.41. The molecule has 13 heavy (non-hydrogen) atoms. The van der Waals surface area contributed by atoms with Gasteiger partial charge in [-0.1, -0.05) is 13.8 Å². The van der Waals surface area contributed by atoms with E-state index in [1.165, 1.54) is 0 Å². The average Bonchev–Trinajstić information content (AvgIpc) is 2.09. The second-order valence-corrected chi connectivity index (χ2v) is 4.48. The highest BCUT2D eigenvalue weighted by atomic mass is 16.2. The van der Waals surface area contributed by atoms with Crippen LogP contribution in [-0.4, -0.2) is 23.5 Å². The van der Waals surface area contributed by atoms with E-state index < -0.39 is 0 Å². The van der Waals surface area contributed by atoms with Gasteiger partial charge in [0.05, 0.1) is 5.54 Å². The summed E-state index contributed by atoms with van der Waals surface area (Å²) < 4.78 is 0. The molecule has 0 unspecified atom stereocenters. The Bertz CT molecular complexity index is 207. The van der Waals surface area contributed by atoms with E-state index in [0.717, 1.165) is 12.8 Å². The zero-order valence-corrected chi connectivity index (χ0v) is 9.03. The van der Waals surface area contributed by atoms with E-state index >= 15 is 0 Å². The van der Waals surface area contributed by atoms with Gasteiger partial charge in [-0.2, -0.15) is 0 Å². The highest BCUT2D eigenvalue weighted by Crippen LogP contribution is 2.23. The van der Waals surface area contributed by atoms with Crippen molar-refractivity contribution in [1.29, 1.82) is 0 Å². The standard InChI is InChI=1S/C10H20N2O/c1-5-10(6-2)8(13)11-7-9(3,4)12-10/h12H,5-7H2,1-4H3,(H,11,13). The Morgan fingerprint density at radius 3 is 2.23 bits per heavy atom. The number of hydrogen-bond donors (Lipinski definition) is 2. The summed E-state index contributed by atoms with van der Waals surface area (Å²) in [7, 11) is 0. The van der Waals surface area contributed by atoms with Crippen LogP contribution in [0.15, 0.2) is 0 Å². The molecule has 1 saturated heterocycles. The molecule has 0 aromatic carbocycles. The van der Waals surface area contributed by atoms with Crippen molar-refractivity contribution >= 4 is 5.91 Å². The Hall–Kier alpha value is -0.570. The predicted octanol–water partition coefficient (Wildman–Crippen LogP) is 1.04. The topological polar surface area (TPSA) is 41.1 Å². The van der Waals surface area contributed by atoms with Crippen LogP contribution in [0.2, 0.25) is 0 Å². The molecule has 1 amide bonds. The molecule has 1 heterocycles. The molecule has 0 aromatic heterocycles. The maximum Gasteiger partial charge on any atom is 0.240 e. The number of carbonyl (C=O) groups excluding carboxylic acids is 1. The highest BCUT2D eigenvalue weighted by Gasteiger charge is 2.43. The second kappa shape index (κ2) is 3.29. The first-order chi connectivity index (χ1) is 5.96. The zero-order valence-electron chi connectivity index (χ0n) is 9.03. The van der Waals surface area contributed by atoms with Crippen molar-refractivity contribution in [3.8, 4) is 0 Å². The van der Waals surface area contributed by atoms with Gasteiger partial charge >= 0.3 is 0 Å². The number of rotatable bonds is 2. The zero-order chi connectivity index (χ0) is 10.1. The largest absolute Gasteiger partial charge is 0.353 e. The molecule has 0 atom stereocenters. The van der Waals surface area contributed by atoms with E-state index in [4.69, 9.17) is 0 Å². The molecule has 1 aliphatic rings. The molecule has 2 N–H and O–H groups in total. The summed E-state index contributed by atoms with van der Waals surface area (Å²) in [5.74, 6) is 0.150. The van der Waals surface area contributed by atoms with Gasteiger partial charge in [0.1, 0.15) is 0 Å². The molecule has 3 heteroatoms. The van der Waals surface area contributed by atoms with Crippen LogP contribution in [0.1, 0.15) is 40.5 Å². The van der Waals surface area contributed by atoms with Crippen molar-refractivity contribution in [2.75, 3.05) is 6.54 Å². The minimum Gasteiger partial charge on any atom is -0.353 e. The average molecular weight is 184 g/mol. The van der Waals surface area contributed by atoms with Crippen molar-refractivity contribution in [3.05, 3.63) is 0 Å². The molecular weight excluding hydrogens is 164 g/mol. The van der Waals surface area contributed by atoms with Crippen molar-refractivity contribution in [1.82, 2.24) is 10.6 Å². The minimum absolute atomic E-state index is 0.0138. The minimum atomic E-state index is -0.345. The maximum absolute atomic E-state index is 11.7. The second-order valence-electron chi connectivity index (χ2n) is 4.48. The van der Waals surface area contributed by atoms with Gasteiger partial charge in [-0.15, -0.1) is 0 Å². The molecule has 1 aliphatic heterocycles. The Kier molecular flexibility index (Phi) is 2.66. The van der Waals surface area contributed by atoms with Gasteiger partial charge in [0.25, 0.3) is 0 Å². The lowest BCUT2D eigenvalue weighted by Gasteiger charge is -2.44.